The van der Waals surface area contributed by atoms with Crippen LogP contribution in [0.2, 0.25) is 5.15 Å². The van der Waals surface area contributed by atoms with E-state index in [9.17, 15) is 9.59 Å². The summed E-state index contributed by atoms with van der Waals surface area (Å²) in [6, 6.07) is 8.03. The first-order valence-corrected chi connectivity index (χ1v) is 10.0. The second-order valence-corrected chi connectivity index (χ2v) is 7.69. The molecule has 2 aromatic rings. The number of aryl methyl sites for hydroxylation is 2. The van der Waals surface area contributed by atoms with Crippen LogP contribution in [-0.4, -0.2) is 45.8 Å². The summed E-state index contributed by atoms with van der Waals surface area (Å²) in [5, 5.41) is 4.60. The van der Waals surface area contributed by atoms with E-state index < -0.39 is 12.1 Å². The zero-order chi connectivity index (χ0) is 20.3. The minimum Gasteiger partial charge on any atom is -0.449 e. The lowest BCUT2D eigenvalue weighted by atomic mass is 10.1. The first-order valence-electron chi connectivity index (χ1n) is 9.65. The fourth-order valence-electron chi connectivity index (χ4n) is 3.40. The van der Waals surface area contributed by atoms with Crippen LogP contribution < -0.4 is 0 Å². The molecule has 1 fully saturated rings. The standard InChI is InChI=1S/C21H26ClN3O3/c1-14-7-9-17(10-8-14)13-25-19(22)18(15(2)23-25)21(27)28-16(3)20(26)24-11-5-4-6-12-24/h7-10,16H,4-6,11-13H2,1-3H3/t16-/m0/s1. The van der Waals surface area contributed by atoms with E-state index in [-0.39, 0.29) is 16.6 Å². The Labute approximate surface area is 170 Å². The molecule has 1 atom stereocenters. The fraction of sp³-hybridized carbons (Fsp3) is 0.476. The van der Waals surface area contributed by atoms with E-state index in [0.29, 0.717) is 12.2 Å². The summed E-state index contributed by atoms with van der Waals surface area (Å²) in [5.41, 5.74) is 2.90. The maximum atomic E-state index is 12.7. The lowest BCUT2D eigenvalue weighted by Crippen LogP contribution is -2.42. The Balaban J connectivity index is 1.70. The van der Waals surface area contributed by atoms with E-state index in [1.165, 1.54) is 5.56 Å². The van der Waals surface area contributed by atoms with Crippen LogP contribution in [0.1, 0.15) is 53.4 Å². The van der Waals surface area contributed by atoms with Gasteiger partial charge < -0.3 is 9.64 Å². The van der Waals surface area contributed by atoms with E-state index in [2.05, 4.69) is 5.10 Å². The minimum absolute atomic E-state index is 0.158. The van der Waals surface area contributed by atoms with Crippen molar-refractivity contribution in [3.63, 3.8) is 0 Å². The first-order chi connectivity index (χ1) is 13.4. The van der Waals surface area contributed by atoms with E-state index in [1.807, 2.05) is 31.2 Å². The molecule has 1 aromatic carbocycles. The highest BCUT2D eigenvalue weighted by molar-refractivity contribution is 6.32. The Kier molecular flexibility index (Phi) is 6.39. The third kappa shape index (κ3) is 4.55. The smallest absolute Gasteiger partial charge is 0.343 e. The number of amides is 1. The van der Waals surface area contributed by atoms with Gasteiger partial charge in [-0.05, 0) is 45.6 Å². The number of likely N-dealkylation sites (tertiary alicyclic amines) is 1. The Bertz CT molecular complexity index is 855. The van der Waals surface area contributed by atoms with Crippen LogP contribution in [0, 0.1) is 13.8 Å². The zero-order valence-corrected chi connectivity index (χ0v) is 17.3. The number of aromatic nitrogens is 2. The monoisotopic (exact) mass is 403 g/mol. The largest absolute Gasteiger partial charge is 0.449 e. The maximum absolute atomic E-state index is 12.7. The third-order valence-corrected chi connectivity index (χ3v) is 5.41. The van der Waals surface area contributed by atoms with E-state index >= 15 is 0 Å². The second kappa shape index (κ2) is 8.78. The number of carbonyl (C=O) groups excluding carboxylic acids is 2. The Morgan fingerprint density at radius 1 is 1.14 bits per heavy atom. The summed E-state index contributed by atoms with van der Waals surface area (Å²) in [4.78, 5) is 26.9. The maximum Gasteiger partial charge on any atom is 0.343 e. The predicted molar refractivity (Wildman–Crippen MR) is 108 cm³/mol. The van der Waals surface area contributed by atoms with Crippen LogP contribution in [0.15, 0.2) is 24.3 Å². The summed E-state index contributed by atoms with van der Waals surface area (Å²) in [7, 11) is 0. The van der Waals surface area contributed by atoms with Crippen molar-refractivity contribution < 1.29 is 14.3 Å². The number of benzene rings is 1. The molecule has 3 rings (SSSR count). The van der Waals surface area contributed by atoms with Gasteiger partial charge in [-0.2, -0.15) is 5.10 Å². The molecule has 0 aliphatic carbocycles. The highest BCUT2D eigenvalue weighted by Gasteiger charge is 2.28. The summed E-state index contributed by atoms with van der Waals surface area (Å²) in [6.45, 7) is 7.23. The van der Waals surface area contributed by atoms with Crippen molar-refractivity contribution >= 4 is 23.5 Å². The molecule has 1 amide bonds. The average Bonchev–Trinajstić information content (AvgIpc) is 2.96. The van der Waals surface area contributed by atoms with Gasteiger partial charge in [0.2, 0.25) is 0 Å². The molecule has 28 heavy (non-hydrogen) atoms. The number of rotatable bonds is 5. The lowest BCUT2D eigenvalue weighted by Gasteiger charge is -2.28. The van der Waals surface area contributed by atoms with Crippen molar-refractivity contribution in [3.05, 3.63) is 51.8 Å². The minimum atomic E-state index is -0.846. The summed E-state index contributed by atoms with van der Waals surface area (Å²) < 4.78 is 7.00. The normalized spacial score (nSPS) is 15.4. The third-order valence-electron chi connectivity index (χ3n) is 5.02. The van der Waals surface area contributed by atoms with Gasteiger partial charge in [-0.15, -0.1) is 0 Å². The van der Waals surface area contributed by atoms with Crippen molar-refractivity contribution in [1.82, 2.24) is 14.7 Å². The van der Waals surface area contributed by atoms with Crippen LogP contribution in [0.4, 0.5) is 0 Å². The molecular formula is C21H26ClN3O3. The molecule has 6 nitrogen and oxygen atoms in total. The average molecular weight is 404 g/mol. The second-order valence-electron chi connectivity index (χ2n) is 7.33. The van der Waals surface area contributed by atoms with Gasteiger partial charge in [0.1, 0.15) is 10.7 Å². The highest BCUT2D eigenvalue weighted by Crippen LogP contribution is 2.23. The SMILES string of the molecule is Cc1ccc(Cn2nc(C)c(C(=O)O[C@@H](C)C(=O)N3CCCCC3)c2Cl)cc1. The Hall–Kier alpha value is -2.34. The molecule has 0 radical (unpaired) electrons. The topological polar surface area (TPSA) is 64.4 Å². The predicted octanol–water partition coefficient (Wildman–Crippen LogP) is 3.76. The van der Waals surface area contributed by atoms with Crippen LogP contribution in [0.3, 0.4) is 0 Å². The number of halogens is 1. The first kappa shape index (κ1) is 20.4. The number of hydrogen-bond acceptors (Lipinski definition) is 4. The van der Waals surface area contributed by atoms with E-state index in [4.69, 9.17) is 16.3 Å². The van der Waals surface area contributed by atoms with Gasteiger partial charge >= 0.3 is 5.97 Å². The van der Waals surface area contributed by atoms with Gasteiger partial charge in [0.15, 0.2) is 6.10 Å². The van der Waals surface area contributed by atoms with Gasteiger partial charge in [-0.1, -0.05) is 41.4 Å². The van der Waals surface area contributed by atoms with Crippen LogP contribution >= 0.6 is 11.6 Å². The highest BCUT2D eigenvalue weighted by atomic mass is 35.5. The quantitative estimate of drug-likeness (QED) is 0.713. The van der Waals surface area contributed by atoms with Crippen molar-refractivity contribution in [3.8, 4) is 0 Å². The molecule has 1 saturated heterocycles. The molecule has 0 saturated carbocycles. The lowest BCUT2D eigenvalue weighted by molar-refractivity contribution is -0.140. The van der Waals surface area contributed by atoms with E-state index in [0.717, 1.165) is 37.9 Å². The van der Waals surface area contributed by atoms with Gasteiger partial charge in [0, 0.05) is 13.1 Å². The van der Waals surface area contributed by atoms with Gasteiger partial charge in [0.05, 0.1) is 12.2 Å². The molecule has 0 unspecified atom stereocenters. The van der Waals surface area contributed by atoms with E-state index in [1.54, 1.807) is 23.4 Å². The van der Waals surface area contributed by atoms with Crippen LogP contribution in [0.25, 0.3) is 0 Å². The molecule has 150 valence electrons. The molecule has 7 heteroatoms. The van der Waals surface area contributed by atoms with Gasteiger partial charge in [-0.25, -0.2) is 9.48 Å². The van der Waals surface area contributed by atoms with Crippen LogP contribution in [0.5, 0.6) is 0 Å². The molecule has 1 aromatic heterocycles. The number of ether oxygens (including phenoxy) is 1. The number of hydrogen-bond donors (Lipinski definition) is 0. The zero-order valence-electron chi connectivity index (χ0n) is 16.6. The Morgan fingerprint density at radius 2 is 1.79 bits per heavy atom. The molecule has 0 N–H and O–H groups in total. The van der Waals surface area contributed by atoms with Crippen molar-refractivity contribution in [1.29, 1.82) is 0 Å². The molecule has 0 spiro atoms. The molecule has 2 heterocycles. The molecular weight excluding hydrogens is 378 g/mol. The Morgan fingerprint density at radius 3 is 2.43 bits per heavy atom. The van der Waals surface area contributed by atoms with Crippen molar-refractivity contribution in [2.45, 2.75) is 52.7 Å². The molecule has 1 aliphatic heterocycles. The van der Waals surface area contributed by atoms with Crippen LogP contribution in [-0.2, 0) is 16.1 Å². The summed E-state index contributed by atoms with van der Waals surface area (Å²) in [6.07, 6.45) is 2.26. The molecule has 1 aliphatic rings. The van der Waals surface area contributed by atoms with Gasteiger partial charge in [-0.3, -0.25) is 4.79 Å². The van der Waals surface area contributed by atoms with Crippen molar-refractivity contribution in [2.75, 3.05) is 13.1 Å². The van der Waals surface area contributed by atoms with Crippen molar-refractivity contribution in [2.24, 2.45) is 0 Å². The number of esters is 1. The number of carbonyl (C=O) groups is 2. The summed E-state index contributed by atoms with van der Waals surface area (Å²) >= 11 is 6.42. The molecule has 0 bridgehead atoms. The number of nitrogens with zero attached hydrogens (tertiary/aromatic N) is 3. The van der Waals surface area contributed by atoms with Gasteiger partial charge in [0.25, 0.3) is 5.91 Å². The number of piperidine rings is 1. The summed E-state index contributed by atoms with van der Waals surface area (Å²) in [5.74, 6) is -0.774. The fourth-order valence-corrected chi connectivity index (χ4v) is 3.71.